The Kier molecular flexibility index (Phi) is 3.37. The molecule has 0 aromatic heterocycles. The van der Waals surface area contributed by atoms with Gasteiger partial charge in [-0.15, -0.1) is 0 Å². The Labute approximate surface area is 100 Å². The SMILES string of the molecule is CC(C)c1ccc2c(c1)CC[C@H](C(C)C)C2. The van der Waals surface area contributed by atoms with Crippen LogP contribution in [0, 0.1) is 11.8 Å². The van der Waals surface area contributed by atoms with E-state index in [0.29, 0.717) is 5.92 Å². The molecule has 0 bridgehead atoms. The third kappa shape index (κ3) is 2.31. The molecule has 0 saturated carbocycles. The van der Waals surface area contributed by atoms with Crippen LogP contribution in [-0.4, -0.2) is 0 Å². The standard InChI is InChI=1S/C16H24/c1-11(2)13-5-7-16-10-14(12(3)4)6-8-15(16)9-13/h5,7,9,11-12,14H,6,8,10H2,1-4H3/t14-/m0/s1. The Morgan fingerprint density at radius 3 is 2.44 bits per heavy atom. The lowest BCUT2D eigenvalue weighted by Crippen LogP contribution is -2.19. The normalized spacial score (nSPS) is 20.2. The molecule has 0 saturated heterocycles. The molecular formula is C16H24. The first-order chi connectivity index (χ1) is 7.58. The number of benzene rings is 1. The maximum Gasteiger partial charge on any atom is -0.0219 e. The Bertz CT molecular complexity index is 360. The van der Waals surface area contributed by atoms with Gasteiger partial charge in [-0.1, -0.05) is 45.9 Å². The maximum absolute atomic E-state index is 2.44. The number of fused-ring (bicyclic) bond motifs is 1. The molecular weight excluding hydrogens is 192 g/mol. The topological polar surface area (TPSA) is 0 Å². The van der Waals surface area contributed by atoms with E-state index in [1.54, 1.807) is 11.1 Å². The van der Waals surface area contributed by atoms with Crippen LogP contribution in [0.15, 0.2) is 18.2 Å². The molecule has 0 fully saturated rings. The van der Waals surface area contributed by atoms with Gasteiger partial charge in [0.25, 0.3) is 0 Å². The summed E-state index contributed by atoms with van der Waals surface area (Å²) in [5.74, 6) is 2.39. The molecule has 0 spiro atoms. The Balaban J connectivity index is 2.22. The average Bonchev–Trinajstić information content (AvgIpc) is 2.27. The molecule has 0 aliphatic heterocycles. The van der Waals surface area contributed by atoms with Crippen molar-refractivity contribution in [1.82, 2.24) is 0 Å². The molecule has 1 atom stereocenters. The predicted molar refractivity (Wildman–Crippen MR) is 70.9 cm³/mol. The van der Waals surface area contributed by atoms with Gasteiger partial charge in [0, 0.05) is 0 Å². The third-order valence-electron chi connectivity index (χ3n) is 4.11. The lowest BCUT2D eigenvalue weighted by atomic mass is 9.77. The van der Waals surface area contributed by atoms with E-state index in [2.05, 4.69) is 45.9 Å². The summed E-state index contributed by atoms with van der Waals surface area (Å²) in [5, 5.41) is 0. The van der Waals surface area contributed by atoms with Crippen molar-refractivity contribution in [2.24, 2.45) is 11.8 Å². The highest BCUT2D eigenvalue weighted by atomic mass is 14.3. The largest absolute Gasteiger partial charge is 0.0625 e. The fourth-order valence-electron chi connectivity index (χ4n) is 2.73. The molecule has 0 heterocycles. The molecule has 2 rings (SSSR count). The van der Waals surface area contributed by atoms with Crippen LogP contribution < -0.4 is 0 Å². The summed E-state index contributed by atoms with van der Waals surface area (Å²) in [4.78, 5) is 0. The Morgan fingerprint density at radius 2 is 1.81 bits per heavy atom. The van der Waals surface area contributed by atoms with Crippen LogP contribution in [0.3, 0.4) is 0 Å². The molecule has 88 valence electrons. The van der Waals surface area contributed by atoms with E-state index in [0.717, 1.165) is 11.8 Å². The van der Waals surface area contributed by atoms with E-state index in [-0.39, 0.29) is 0 Å². The van der Waals surface area contributed by atoms with Crippen molar-refractivity contribution in [3.05, 3.63) is 34.9 Å². The number of hydrogen-bond donors (Lipinski definition) is 0. The van der Waals surface area contributed by atoms with Crippen LogP contribution in [-0.2, 0) is 12.8 Å². The van der Waals surface area contributed by atoms with Crippen molar-refractivity contribution in [3.63, 3.8) is 0 Å². The lowest BCUT2D eigenvalue weighted by Gasteiger charge is -2.28. The van der Waals surface area contributed by atoms with Crippen LogP contribution >= 0.6 is 0 Å². The van der Waals surface area contributed by atoms with Crippen molar-refractivity contribution in [3.8, 4) is 0 Å². The van der Waals surface area contributed by atoms with Gasteiger partial charge >= 0.3 is 0 Å². The summed E-state index contributed by atoms with van der Waals surface area (Å²) >= 11 is 0. The van der Waals surface area contributed by atoms with E-state index < -0.39 is 0 Å². The number of hydrogen-bond acceptors (Lipinski definition) is 0. The molecule has 0 radical (unpaired) electrons. The van der Waals surface area contributed by atoms with Gasteiger partial charge in [-0.3, -0.25) is 0 Å². The maximum atomic E-state index is 2.44. The fourth-order valence-corrected chi connectivity index (χ4v) is 2.73. The summed E-state index contributed by atoms with van der Waals surface area (Å²) in [6.45, 7) is 9.28. The van der Waals surface area contributed by atoms with Crippen LogP contribution in [0.1, 0.15) is 56.7 Å². The molecule has 0 heteroatoms. The molecule has 0 N–H and O–H groups in total. The van der Waals surface area contributed by atoms with E-state index in [1.807, 2.05) is 0 Å². The molecule has 1 aliphatic rings. The van der Waals surface area contributed by atoms with E-state index >= 15 is 0 Å². The average molecular weight is 216 g/mol. The van der Waals surface area contributed by atoms with Gasteiger partial charge < -0.3 is 0 Å². The highest BCUT2D eigenvalue weighted by Crippen LogP contribution is 2.31. The highest BCUT2D eigenvalue weighted by molar-refractivity contribution is 5.35. The van der Waals surface area contributed by atoms with Crippen LogP contribution in [0.2, 0.25) is 0 Å². The second-order valence-electron chi connectivity index (χ2n) is 5.93. The minimum absolute atomic E-state index is 0.660. The quantitative estimate of drug-likeness (QED) is 0.679. The molecule has 1 aromatic carbocycles. The fraction of sp³-hybridized carbons (Fsp3) is 0.625. The Hall–Kier alpha value is -0.780. The summed E-state index contributed by atoms with van der Waals surface area (Å²) in [7, 11) is 0. The predicted octanol–water partition coefficient (Wildman–Crippen LogP) is 4.57. The van der Waals surface area contributed by atoms with Crippen molar-refractivity contribution in [2.75, 3.05) is 0 Å². The first-order valence-electron chi connectivity index (χ1n) is 6.69. The zero-order valence-corrected chi connectivity index (χ0v) is 11.1. The summed E-state index contributed by atoms with van der Waals surface area (Å²) < 4.78 is 0. The second kappa shape index (κ2) is 4.61. The number of aryl methyl sites for hydroxylation is 1. The van der Waals surface area contributed by atoms with Crippen LogP contribution in [0.5, 0.6) is 0 Å². The van der Waals surface area contributed by atoms with Gasteiger partial charge in [-0.2, -0.15) is 0 Å². The molecule has 0 nitrogen and oxygen atoms in total. The van der Waals surface area contributed by atoms with E-state index in [9.17, 15) is 0 Å². The van der Waals surface area contributed by atoms with Crippen molar-refractivity contribution >= 4 is 0 Å². The zero-order chi connectivity index (χ0) is 11.7. The van der Waals surface area contributed by atoms with Gasteiger partial charge in [-0.05, 0) is 53.7 Å². The van der Waals surface area contributed by atoms with Gasteiger partial charge in [0.15, 0.2) is 0 Å². The second-order valence-corrected chi connectivity index (χ2v) is 5.93. The third-order valence-corrected chi connectivity index (χ3v) is 4.11. The first-order valence-corrected chi connectivity index (χ1v) is 6.69. The smallest absolute Gasteiger partial charge is 0.0219 e. The summed E-state index contributed by atoms with van der Waals surface area (Å²) in [6, 6.07) is 7.14. The van der Waals surface area contributed by atoms with Crippen LogP contribution in [0.25, 0.3) is 0 Å². The summed E-state index contributed by atoms with van der Waals surface area (Å²) in [6.07, 6.45) is 3.97. The molecule has 1 aromatic rings. The van der Waals surface area contributed by atoms with Crippen molar-refractivity contribution in [1.29, 1.82) is 0 Å². The van der Waals surface area contributed by atoms with Crippen molar-refractivity contribution in [2.45, 2.75) is 52.9 Å². The lowest BCUT2D eigenvalue weighted by molar-refractivity contribution is 0.343. The van der Waals surface area contributed by atoms with E-state index in [4.69, 9.17) is 0 Å². The monoisotopic (exact) mass is 216 g/mol. The minimum atomic E-state index is 0.660. The summed E-state index contributed by atoms with van der Waals surface area (Å²) in [5.41, 5.74) is 4.72. The minimum Gasteiger partial charge on any atom is -0.0625 e. The van der Waals surface area contributed by atoms with Crippen molar-refractivity contribution < 1.29 is 0 Å². The van der Waals surface area contributed by atoms with Gasteiger partial charge in [0.2, 0.25) is 0 Å². The first kappa shape index (κ1) is 11.7. The van der Waals surface area contributed by atoms with Gasteiger partial charge in [0.1, 0.15) is 0 Å². The van der Waals surface area contributed by atoms with Gasteiger partial charge in [-0.25, -0.2) is 0 Å². The molecule has 0 amide bonds. The molecule has 16 heavy (non-hydrogen) atoms. The molecule has 0 unspecified atom stereocenters. The zero-order valence-electron chi connectivity index (χ0n) is 11.1. The Morgan fingerprint density at radius 1 is 1.06 bits per heavy atom. The number of rotatable bonds is 2. The molecule has 1 aliphatic carbocycles. The highest BCUT2D eigenvalue weighted by Gasteiger charge is 2.21. The van der Waals surface area contributed by atoms with E-state index in [1.165, 1.54) is 24.8 Å². The van der Waals surface area contributed by atoms with Gasteiger partial charge in [0.05, 0.1) is 0 Å². The van der Waals surface area contributed by atoms with Crippen LogP contribution in [0.4, 0.5) is 0 Å².